The highest BCUT2D eigenvalue weighted by Gasteiger charge is 2.20. The van der Waals surface area contributed by atoms with Gasteiger partial charge in [0.15, 0.2) is 5.96 Å². The Morgan fingerprint density at radius 2 is 1.82 bits per heavy atom. The van der Waals surface area contributed by atoms with Gasteiger partial charge < -0.3 is 15.4 Å². The van der Waals surface area contributed by atoms with Gasteiger partial charge in [0.1, 0.15) is 0 Å². The van der Waals surface area contributed by atoms with Gasteiger partial charge in [-0.2, -0.15) is 0 Å². The molecule has 2 N–H and O–H groups in total. The molecule has 0 amide bonds. The zero-order valence-electron chi connectivity index (χ0n) is 14.4. The number of aryl methyl sites for hydroxylation is 1. The normalized spacial score (nSPS) is 11.8. The van der Waals surface area contributed by atoms with Gasteiger partial charge in [-0.3, -0.25) is 4.99 Å². The topological polar surface area (TPSA) is 45.6 Å². The van der Waals surface area contributed by atoms with Crippen LogP contribution in [0.5, 0.6) is 0 Å². The van der Waals surface area contributed by atoms with E-state index in [0.29, 0.717) is 6.61 Å². The minimum atomic E-state index is 0. The van der Waals surface area contributed by atoms with Crippen molar-refractivity contribution in [3.8, 4) is 0 Å². The highest BCUT2D eigenvalue weighted by atomic mass is 127. The second-order valence-corrected chi connectivity index (χ2v) is 5.80. The second kappa shape index (κ2) is 10.8. The van der Waals surface area contributed by atoms with Crippen LogP contribution in [-0.2, 0) is 10.2 Å². The van der Waals surface area contributed by atoms with Gasteiger partial charge in [0.05, 0.1) is 6.61 Å². The van der Waals surface area contributed by atoms with Crippen LogP contribution in [0.1, 0.15) is 31.9 Å². The first-order chi connectivity index (χ1) is 9.99. The molecule has 0 atom stereocenters. The van der Waals surface area contributed by atoms with E-state index >= 15 is 0 Å². The van der Waals surface area contributed by atoms with E-state index < -0.39 is 0 Å². The van der Waals surface area contributed by atoms with E-state index in [4.69, 9.17) is 4.74 Å². The third-order valence-corrected chi connectivity index (χ3v) is 3.50. The Hall–Kier alpha value is -0.820. The van der Waals surface area contributed by atoms with Gasteiger partial charge in [-0.15, -0.1) is 24.0 Å². The summed E-state index contributed by atoms with van der Waals surface area (Å²) in [5.41, 5.74) is 2.66. The van der Waals surface area contributed by atoms with Crippen molar-refractivity contribution in [3.63, 3.8) is 0 Å². The van der Waals surface area contributed by atoms with Gasteiger partial charge in [-0.1, -0.05) is 43.7 Å². The Balaban J connectivity index is 0.00000441. The summed E-state index contributed by atoms with van der Waals surface area (Å²) in [6, 6.07) is 8.71. The first kappa shape index (κ1) is 21.2. The molecule has 0 fully saturated rings. The number of nitrogens with one attached hydrogen (secondary N) is 2. The first-order valence-electron chi connectivity index (χ1n) is 7.59. The Bertz CT molecular complexity index is 444. The van der Waals surface area contributed by atoms with Crippen molar-refractivity contribution in [1.29, 1.82) is 0 Å². The molecule has 0 aromatic heterocycles. The van der Waals surface area contributed by atoms with E-state index in [1.165, 1.54) is 11.1 Å². The summed E-state index contributed by atoms with van der Waals surface area (Å²) in [4.78, 5) is 4.24. The summed E-state index contributed by atoms with van der Waals surface area (Å²) in [6.45, 7) is 11.6. The van der Waals surface area contributed by atoms with Crippen molar-refractivity contribution < 1.29 is 4.74 Å². The van der Waals surface area contributed by atoms with E-state index in [-0.39, 0.29) is 29.4 Å². The highest BCUT2D eigenvalue weighted by molar-refractivity contribution is 14.0. The van der Waals surface area contributed by atoms with Gasteiger partial charge in [0.2, 0.25) is 0 Å². The van der Waals surface area contributed by atoms with Crippen LogP contribution in [-0.4, -0.2) is 39.3 Å². The number of rotatable bonds is 7. The molecular formula is C17H30IN3O. The Labute approximate surface area is 152 Å². The molecule has 0 radical (unpaired) electrons. The molecule has 22 heavy (non-hydrogen) atoms. The lowest BCUT2D eigenvalue weighted by atomic mass is 9.84. The van der Waals surface area contributed by atoms with Crippen LogP contribution in [0, 0.1) is 6.92 Å². The largest absolute Gasteiger partial charge is 0.380 e. The summed E-state index contributed by atoms with van der Waals surface area (Å²) in [6.07, 6.45) is 0. The van der Waals surface area contributed by atoms with Crippen LogP contribution in [0.25, 0.3) is 0 Å². The van der Waals surface area contributed by atoms with Crippen LogP contribution < -0.4 is 10.6 Å². The molecule has 0 heterocycles. The van der Waals surface area contributed by atoms with Crippen LogP contribution in [0.4, 0.5) is 0 Å². The zero-order valence-corrected chi connectivity index (χ0v) is 16.7. The SMILES string of the molecule is CCOCCNC(=NC)NCC(C)(C)c1ccc(C)cc1.I. The lowest BCUT2D eigenvalue weighted by Gasteiger charge is -2.27. The van der Waals surface area contributed by atoms with E-state index in [2.05, 4.69) is 60.7 Å². The molecule has 126 valence electrons. The van der Waals surface area contributed by atoms with Crippen LogP contribution in [0.2, 0.25) is 0 Å². The number of hydrogen-bond acceptors (Lipinski definition) is 2. The third-order valence-electron chi connectivity index (χ3n) is 3.50. The van der Waals surface area contributed by atoms with Crippen LogP contribution >= 0.6 is 24.0 Å². The average molecular weight is 419 g/mol. The van der Waals surface area contributed by atoms with Gasteiger partial charge in [-0.25, -0.2) is 0 Å². The predicted octanol–water partition coefficient (Wildman–Crippen LogP) is 3.09. The molecule has 0 unspecified atom stereocenters. The molecular weight excluding hydrogens is 389 g/mol. The molecule has 1 aromatic rings. The number of benzene rings is 1. The first-order valence-corrected chi connectivity index (χ1v) is 7.59. The van der Waals surface area contributed by atoms with Gasteiger partial charge >= 0.3 is 0 Å². The maximum absolute atomic E-state index is 5.31. The molecule has 0 saturated heterocycles. The quantitative estimate of drug-likeness (QED) is 0.309. The number of nitrogens with zero attached hydrogens (tertiary/aromatic N) is 1. The standard InChI is InChI=1S/C17H29N3O.HI/c1-6-21-12-11-19-16(18-5)20-13-17(3,4)15-9-7-14(2)8-10-15;/h7-10H,6,11-13H2,1-5H3,(H2,18,19,20);1H. The van der Waals surface area contributed by atoms with E-state index in [0.717, 1.165) is 25.7 Å². The maximum Gasteiger partial charge on any atom is 0.191 e. The maximum atomic E-state index is 5.31. The predicted molar refractivity (Wildman–Crippen MR) is 105 cm³/mol. The minimum Gasteiger partial charge on any atom is -0.380 e. The second-order valence-electron chi connectivity index (χ2n) is 5.80. The lowest BCUT2D eigenvalue weighted by Crippen LogP contribution is -2.44. The Kier molecular flexibility index (Phi) is 10.4. The molecule has 0 aliphatic carbocycles. The van der Waals surface area contributed by atoms with Gasteiger partial charge in [-0.05, 0) is 19.4 Å². The highest BCUT2D eigenvalue weighted by Crippen LogP contribution is 2.22. The summed E-state index contributed by atoms with van der Waals surface area (Å²) >= 11 is 0. The molecule has 4 nitrogen and oxygen atoms in total. The van der Waals surface area contributed by atoms with E-state index in [9.17, 15) is 0 Å². The van der Waals surface area contributed by atoms with Gasteiger partial charge in [0, 0.05) is 32.2 Å². The van der Waals surface area contributed by atoms with Crippen molar-refractivity contribution in [2.45, 2.75) is 33.1 Å². The van der Waals surface area contributed by atoms with Crippen LogP contribution in [0.3, 0.4) is 0 Å². The fourth-order valence-electron chi connectivity index (χ4n) is 2.02. The van der Waals surface area contributed by atoms with E-state index in [1.807, 2.05) is 6.92 Å². The van der Waals surface area contributed by atoms with Crippen molar-refractivity contribution in [2.24, 2.45) is 4.99 Å². The molecule has 1 aromatic carbocycles. The summed E-state index contributed by atoms with van der Waals surface area (Å²) in [7, 11) is 1.79. The molecule has 0 aliphatic rings. The fourth-order valence-corrected chi connectivity index (χ4v) is 2.02. The van der Waals surface area contributed by atoms with Crippen LogP contribution in [0.15, 0.2) is 29.3 Å². The molecule has 1 rings (SSSR count). The average Bonchev–Trinajstić information content (AvgIpc) is 2.47. The Morgan fingerprint density at radius 3 is 2.36 bits per heavy atom. The summed E-state index contributed by atoms with van der Waals surface area (Å²) in [5, 5.41) is 6.63. The molecule has 5 heteroatoms. The molecule has 0 bridgehead atoms. The number of guanidine groups is 1. The molecule has 0 saturated carbocycles. The number of ether oxygens (including phenoxy) is 1. The lowest BCUT2D eigenvalue weighted by molar-refractivity contribution is 0.152. The fraction of sp³-hybridized carbons (Fsp3) is 0.588. The smallest absolute Gasteiger partial charge is 0.191 e. The third kappa shape index (κ3) is 7.45. The van der Waals surface area contributed by atoms with Crippen molar-refractivity contribution >= 4 is 29.9 Å². The number of aliphatic imine (C=N–C) groups is 1. The number of halogens is 1. The van der Waals surface area contributed by atoms with E-state index in [1.54, 1.807) is 7.05 Å². The number of hydrogen-bond donors (Lipinski definition) is 2. The minimum absolute atomic E-state index is 0. The van der Waals surface area contributed by atoms with Crippen molar-refractivity contribution in [3.05, 3.63) is 35.4 Å². The van der Waals surface area contributed by atoms with Gasteiger partial charge in [0.25, 0.3) is 0 Å². The monoisotopic (exact) mass is 419 g/mol. The Morgan fingerprint density at radius 1 is 1.18 bits per heavy atom. The molecule has 0 spiro atoms. The summed E-state index contributed by atoms with van der Waals surface area (Å²) < 4.78 is 5.31. The van der Waals surface area contributed by atoms with Crippen molar-refractivity contribution in [2.75, 3.05) is 33.4 Å². The summed E-state index contributed by atoms with van der Waals surface area (Å²) in [5.74, 6) is 0.815. The zero-order chi connectivity index (χ0) is 15.7. The van der Waals surface area contributed by atoms with Crippen molar-refractivity contribution in [1.82, 2.24) is 10.6 Å². The molecule has 0 aliphatic heterocycles.